The number of para-hydroxylation sites is 1. The molecule has 33 heavy (non-hydrogen) atoms. The highest BCUT2D eigenvalue weighted by atomic mass is 16.7. The summed E-state index contributed by atoms with van der Waals surface area (Å²) in [7, 11) is 0. The number of allylic oxidation sites excluding steroid dienone is 1. The number of hydrogen-bond donors (Lipinski definition) is 1. The van der Waals surface area contributed by atoms with E-state index in [4.69, 9.17) is 19.2 Å². The van der Waals surface area contributed by atoms with Crippen LogP contribution >= 0.6 is 0 Å². The molecule has 1 fully saturated rings. The van der Waals surface area contributed by atoms with E-state index < -0.39 is 5.97 Å². The Labute approximate surface area is 190 Å². The summed E-state index contributed by atoms with van der Waals surface area (Å²) in [5.74, 6) is 0.719. The lowest BCUT2D eigenvalue weighted by Gasteiger charge is -2.12. The zero-order chi connectivity index (χ0) is 22.4. The van der Waals surface area contributed by atoms with Gasteiger partial charge in [-0.05, 0) is 66.7 Å². The van der Waals surface area contributed by atoms with Crippen molar-refractivity contribution in [1.82, 2.24) is 10.3 Å². The number of aromatic nitrogens is 1. The fourth-order valence-corrected chi connectivity index (χ4v) is 4.42. The smallest absolute Gasteiger partial charge is 0.339 e. The van der Waals surface area contributed by atoms with Crippen LogP contribution in [0.2, 0.25) is 0 Å². The molecule has 6 rings (SSSR count). The molecule has 2 aromatic carbocycles. The number of esters is 1. The summed E-state index contributed by atoms with van der Waals surface area (Å²) in [6.07, 6.45) is 5.49. The number of carbonyl (C=O) groups excluding carboxylic acids is 2. The van der Waals surface area contributed by atoms with Gasteiger partial charge in [0.1, 0.15) is 0 Å². The first-order valence-corrected chi connectivity index (χ1v) is 11.1. The van der Waals surface area contributed by atoms with E-state index in [0.29, 0.717) is 12.0 Å². The number of hydrogen-bond acceptors (Lipinski definition) is 6. The van der Waals surface area contributed by atoms with Gasteiger partial charge in [-0.25, -0.2) is 9.78 Å². The Morgan fingerprint density at radius 1 is 1.09 bits per heavy atom. The molecule has 1 amide bonds. The van der Waals surface area contributed by atoms with Crippen LogP contribution in [0.1, 0.15) is 46.4 Å². The van der Waals surface area contributed by atoms with E-state index in [1.165, 1.54) is 0 Å². The molecule has 7 heteroatoms. The van der Waals surface area contributed by atoms with E-state index >= 15 is 0 Å². The average Bonchev–Trinajstić information content (AvgIpc) is 3.36. The van der Waals surface area contributed by atoms with E-state index in [-0.39, 0.29) is 25.3 Å². The molecule has 1 saturated carbocycles. The normalized spacial score (nSPS) is 17.3. The number of amides is 1. The Kier molecular flexibility index (Phi) is 4.75. The minimum atomic E-state index is -0.486. The Morgan fingerprint density at radius 2 is 1.94 bits per heavy atom. The second-order valence-corrected chi connectivity index (χ2v) is 8.53. The van der Waals surface area contributed by atoms with Crippen molar-refractivity contribution in [3.63, 3.8) is 0 Å². The molecule has 166 valence electrons. The largest absolute Gasteiger partial charge is 0.454 e. The molecule has 3 aromatic rings. The SMILES string of the molecule is O=C(COC(=O)c1c2c(nc3ccccc13)C(=Cc1ccc3c(c1)OCO3)CC2)NC1CC1. The summed E-state index contributed by atoms with van der Waals surface area (Å²) >= 11 is 0. The first-order chi connectivity index (χ1) is 16.2. The summed E-state index contributed by atoms with van der Waals surface area (Å²) in [5.41, 5.74) is 4.94. The number of rotatable bonds is 5. The van der Waals surface area contributed by atoms with Gasteiger partial charge in [-0.15, -0.1) is 0 Å². The van der Waals surface area contributed by atoms with E-state index in [9.17, 15) is 9.59 Å². The van der Waals surface area contributed by atoms with Crippen LogP contribution in [0.25, 0.3) is 22.6 Å². The van der Waals surface area contributed by atoms with Crippen LogP contribution < -0.4 is 14.8 Å². The number of pyridine rings is 1. The Morgan fingerprint density at radius 3 is 2.82 bits per heavy atom. The second-order valence-electron chi connectivity index (χ2n) is 8.53. The van der Waals surface area contributed by atoms with E-state index in [0.717, 1.165) is 64.1 Å². The molecule has 0 spiro atoms. The van der Waals surface area contributed by atoms with Gasteiger partial charge in [-0.3, -0.25) is 4.79 Å². The average molecular weight is 442 g/mol. The van der Waals surface area contributed by atoms with Gasteiger partial charge in [0.15, 0.2) is 18.1 Å². The third kappa shape index (κ3) is 3.80. The number of carbonyl (C=O) groups is 2. The fraction of sp³-hybridized carbons (Fsp3) is 0.269. The minimum absolute atomic E-state index is 0.228. The van der Waals surface area contributed by atoms with Crippen LogP contribution in [-0.4, -0.2) is 36.3 Å². The van der Waals surface area contributed by atoms with Crippen LogP contribution in [-0.2, 0) is 16.0 Å². The molecule has 3 aliphatic rings. The monoisotopic (exact) mass is 442 g/mol. The van der Waals surface area contributed by atoms with Gasteiger partial charge in [-0.2, -0.15) is 0 Å². The molecule has 0 unspecified atom stereocenters. The van der Waals surface area contributed by atoms with Gasteiger partial charge in [0.2, 0.25) is 6.79 Å². The summed E-state index contributed by atoms with van der Waals surface area (Å²) in [4.78, 5) is 30.1. The molecule has 1 N–H and O–H groups in total. The highest BCUT2D eigenvalue weighted by Crippen LogP contribution is 2.39. The van der Waals surface area contributed by atoms with Crippen LogP contribution in [0.4, 0.5) is 0 Å². The molecular formula is C26H22N2O5. The summed E-state index contributed by atoms with van der Waals surface area (Å²) in [6, 6.07) is 13.6. The van der Waals surface area contributed by atoms with Crippen molar-refractivity contribution >= 4 is 34.4 Å². The lowest BCUT2D eigenvalue weighted by molar-refractivity contribution is -0.124. The van der Waals surface area contributed by atoms with Crippen molar-refractivity contribution in [2.45, 2.75) is 31.7 Å². The van der Waals surface area contributed by atoms with Gasteiger partial charge < -0.3 is 19.5 Å². The number of fused-ring (bicyclic) bond motifs is 3. The first kappa shape index (κ1) is 19.8. The van der Waals surface area contributed by atoms with Crippen molar-refractivity contribution < 1.29 is 23.8 Å². The molecule has 0 atom stereocenters. The molecule has 0 radical (unpaired) electrons. The molecule has 1 aliphatic heterocycles. The van der Waals surface area contributed by atoms with Crippen LogP contribution in [0.5, 0.6) is 11.5 Å². The topological polar surface area (TPSA) is 86.8 Å². The van der Waals surface area contributed by atoms with Crippen molar-refractivity contribution in [3.05, 3.63) is 64.8 Å². The third-order valence-corrected chi connectivity index (χ3v) is 6.16. The highest BCUT2D eigenvalue weighted by molar-refractivity contribution is 6.07. The van der Waals surface area contributed by atoms with Crippen molar-refractivity contribution in [1.29, 1.82) is 0 Å². The van der Waals surface area contributed by atoms with Gasteiger partial charge in [0, 0.05) is 11.4 Å². The van der Waals surface area contributed by atoms with E-state index in [2.05, 4.69) is 11.4 Å². The van der Waals surface area contributed by atoms with E-state index in [1.54, 1.807) is 0 Å². The van der Waals surface area contributed by atoms with Crippen molar-refractivity contribution in [2.75, 3.05) is 13.4 Å². The quantitative estimate of drug-likeness (QED) is 0.604. The standard InChI is InChI=1S/C26H22N2O5/c29-23(27-17-7-8-17)13-31-26(30)24-18-3-1-2-4-20(18)28-25-16(6-9-19(24)25)11-15-5-10-21-22(12-15)33-14-32-21/h1-5,10-12,17H,6-9,13-14H2,(H,27,29). The summed E-state index contributed by atoms with van der Waals surface area (Å²) < 4.78 is 16.3. The number of ether oxygens (including phenoxy) is 3. The third-order valence-electron chi connectivity index (χ3n) is 6.16. The lowest BCUT2D eigenvalue weighted by Crippen LogP contribution is -2.30. The molecule has 1 aromatic heterocycles. The van der Waals surface area contributed by atoms with Gasteiger partial charge >= 0.3 is 5.97 Å². The second kappa shape index (κ2) is 7.92. The zero-order valence-corrected chi connectivity index (χ0v) is 17.9. The lowest BCUT2D eigenvalue weighted by atomic mass is 10.0. The summed E-state index contributed by atoms with van der Waals surface area (Å²) in [5, 5.41) is 3.59. The van der Waals surface area contributed by atoms with Crippen LogP contribution in [0, 0.1) is 0 Å². The fourth-order valence-electron chi connectivity index (χ4n) is 4.42. The predicted octanol–water partition coefficient (Wildman–Crippen LogP) is 3.89. The van der Waals surface area contributed by atoms with Gasteiger partial charge in [-0.1, -0.05) is 24.3 Å². The first-order valence-electron chi connectivity index (χ1n) is 11.1. The summed E-state index contributed by atoms with van der Waals surface area (Å²) in [6.45, 7) is -0.0451. The van der Waals surface area contributed by atoms with Crippen molar-refractivity contribution in [2.24, 2.45) is 0 Å². The maximum absolute atomic E-state index is 13.1. The van der Waals surface area contributed by atoms with Crippen LogP contribution in [0.3, 0.4) is 0 Å². The maximum atomic E-state index is 13.1. The predicted molar refractivity (Wildman–Crippen MR) is 122 cm³/mol. The van der Waals surface area contributed by atoms with Crippen molar-refractivity contribution in [3.8, 4) is 11.5 Å². The molecule has 0 bridgehead atoms. The molecular weight excluding hydrogens is 420 g/mol. The van der Waals surface area contributed by atoms with E-state index in [1.807, 2.05) is 42.5 Å². The number of benzene rings is 2. The number of nitrogens with zero attached hydrogens (tertiary/aromatic N) is 1. The Hall–Kier alpha value is -3.87. The molecule has 7 nitrogen and oxygen atoms in total. The minimum Gasteiger partial charge on any atom is -0.454 e. The van der Waals surface area contributed by atoms with Crippen LogP contribution in [0.15, 0.2) is 42.5 Å². The number of nitrogens with one attached hydrogen (secondary N) is 1. The molecule has 0 saturated heterocycles. The van der Waals surface area contributed by atoms with Gasteiger partial charge in [0.05, 0.1) is 16.8 Å². The highest BCUT2D eigenvalue weighted by Gasteiger charge is 2.29. The molecule has 2 heterocycles. The Balaban J connectivity index is 1.35. The molecule has 2 aliphatic carbocycles. The zero-order valence-electron chi connectivity index (χ0n) is 17.9. The maximum Gasteiger partial charge on any atom is 0.339 e. The Bertz CT molecular complexity index is 1330. The van der Waals surface area contributed by atoms with Gasteiger partial charge in [0.25, 0.3) is 5.91 Å².